The number of rotatable bonds is 3. The number of aromatic nitrogens is 1. The first-order valence-corrected chi connectivity index (χ1v) is 12.8. The summed E-state index contributed by atoms with van der Waals surface area (Å²) in [7, 11) is 2.15. The second-order valence-electron chi connectivity index (χ2n) is 10.4. The highest BCUT2D eigenvalue weighted by Crippen LogP contribution is 2.45. The Balaban J connectivity index is 1.21. The number of likely N-dealkylation sites (tertiary alicyclic amines) is 1. The first kappa shape index (κ1) is 22.3. The predicted molar refractivity (Wildman–Crippen MR) is 134 cm³/mol. The fraction of sp³-hybridized carbons (Fsp3) is 0.600. The maximum absolute atomic E-state index is 13.8. The van der Waals surface area contributed by atoms with E-state index in [1.165, 1.54) is 0 Å². The quantitative estimate of drug-likeness (QED) is 0.559. The topological polar surface area (TPSA) is 105 Å². The first-order valence-electron chi connectivity index (χ1n) is 12.8. The third kappa shape index (κ3) is 3.93. The fourth-order valence-corrected chi connectivity index (χ4v) is 6.14. The summed E-state index contributed by atoms with van der Waals surface area (Å²) in [5.41, 5.74) is 1.14. The summed E-state index contributed by atoms with van der Waals surface area (Å²) in [6, 6.07) is 4.18. The normalized spacial score (nSPS) is 29.6. The highest BCUT2D eigenvalue weighted by atomic mass is 16.2. The molecular formula is C25H34N8O2. The van der Waals surface area contributed by atoms with Crippen molar-refractivity contribution < 1.29 is 9.59 Å². The molecule has 186 valence electrons. The largest absolute Gasteiger partial charge is 0.368 e. The summed E-state index contributed by atoms with van der Waals surface area (Å²) >= 11 is 0. The van der Waals surface area contributed by atoms with Crippen molar-refractivity contribution in [1.82, 2.24) is 25.4 Å². The van der Waals surface area contributed by atoms with Gasteiger partial charge < -0.3 is 30.7 Å². The molecule has 1 aliphatic carbocycles. The first-order chi connectivity index (χ1) is 17.0. The van der Waals surface area contributed by atoms with E-state index in [1.54, 1.807) is 0 Å². The average Bonchev–Trinajstić information content (AvgIpc) is 3.52. The molecule has 3 N–H and O–H groups in total. The van der Waals surface area contributed by atoms with E-state index in [0.29, 0.717) is 31.2 Å². The van der Waals surface area contributed by atoms with Crippen molar-refractivity contribution in [2.24, 2.45) is 10.4 Å². The summed E-state index contributed by atoms with van der Waals surface area (Å²) in [5.74, 6) is 1.08. The van der Waals surface area contributed by atoms with Crippen LogP contribution in [-0.2, 0) is 9.59 Å². The Labute approximate surface area is 205 Å². The van der Waals surface area contributed by atoms with E-state index in [4.69, 9.17) is 4.99 Å². The molecule has 1 aromatic rings. The van der Waals surface area contributed by atoms with Crippen molar-refractivity contribution in [3.63, 3.8) is 0 Å². The third-order valence-electron chi connectivity index (χ3n) is 8.24. The molecule has 5 aliphatic rings. The molecule has 5 heterocycles. The number of piperazine rings is 1. The number of nitrogens with one attached hydrogen (secondary N) is 3. The molecule has 1 aromatic heterocycles. The summed E-state index contributed by atoms with van der Waals surface area (Å²) in [6.45, 7) is 4.66. The lowest BCUT2D eigenvalue weighted by Gasteiger charge is -2.46. The van der Waals surface area contributed by atoms with Gasteiger partial charge in [0.1, 0.15) is 11.2 Å². The van der Waals surface area contributed by atoms with Crippen LogP contribution in [0.2, 0.25) is 0 Å². The van der Waals surface area contributed by atoms with E-state index in [1.807, 2.05) is 23.4 Å². The van der Waals surface area contributed by atoms with Gasteiger partial charge in [0.25, 0.3) is 0 Å². The summed E-state index contributed by atoms with van der Waals surface area (Å²) in [4.78, 5) is 42.7. The maximum atomic E-state index is 13.8. The minimum Gasteiger partial charge on any atom is -0.368 e. The molecule has 35 heavy (non-hydrogen) atoms. The molecule has 10 nitrogen and oxygen atoms in total. The molecule has 1 spiro atoms. The molecule has 2 unspecified atom stereocenters. The molecule has 4 fully saturated rings. The average molecular weight is 479 g/mol. The second-order valence-corrected chi connectivity index (χ2v) is 10.4. The number of aliphatic imine (C=N–C) groups is 1. The van der Waals surface area contributed by atoms with Crippen LogP contribution in [0.3, 0.4) is 0 Å². The Morgan fingerprint density at radius 1 is 1.11 bits per heavy atom. The Bertz CT molecular complexity index is 1060. The van der Waals surface area contributed by atoms with E-state index in [-0.39, 0.29) is 24.0 Å². The van der Waals surface area contributed by atoms with E-state index >= 15 is 0 Å². The predicted octanol–water partition coefficient (Wildman–Crippen LogP) is 1.10. The molecule has 6 rings (SSSR count). The van der Waals surface area contributed by atoms with Crippen molar-refractivity contribution >= 4 is 29.3 Å². The zero-order valence-electron chi connectivity index (χ0n) is 20.3. The Hall–Kier alpha value is -3.14. The molecule has 10 heteroatoms. The van der Waals surface area contributed by atoms with Gasteiger partial charge in [-0.2, -0.15) is 0 Å². The minimum atomic E-state index is -0.978. The number of piperidine rings is 1. The highest BCUT2D eigenvalue weighted by molar-refractivity contribution is 6.08. The van der Waals surface area contributed by atoms with Crippen LogP contribution in [0.1, 0.15) is 38.5 Å². The number of hydrogen-bond donors (Lipinski definition) is 3. The van der Waals surface area contributed by atoms with Crippen molar-refractivity contribution in [3.05, 3.63) is 30.1 Å². The van der Waals surface area contributed by atoms with Gasteiger partial charge in [-0.1, -0.05) is 12.8 Å². The van der Waals surface area contributed by atoms with Crippen LogP contribution in [-0.4, -0.2) is 84.5 Å². The van der Waals surface area contributed by atoms with Crippen LogP contribution < -0.4 is 20.9 Å². The number of pyridine rings is 1. The zero-order valence-corrected chi connectivity index (χ0v) is 20.3. The van der Waals surface area contributed by atoms with Crippen LogP contribution in [0.4, 0.5) is 11.5 Å². The van der Waals surface area contributed by atoms with Crippen LogP contribution in [0, 0.1) is 5.41 Å². The van der Waals surface area contributed by atoms with Crippen LogP contribution >= 0.6 is 0 Å². The molecular weight excluding hydrogens is 444 g/mol. The van der Waals surface area contributed by atoms with Gasteiger partial charge in [-0.25, -0.2) is 9.98 Å². The maximum Gasteiger partial charge on any atom is 0.240 e. The molecule has 4 aliphatic heterocycles. The lowest BCUT2D eigenvalue weighted by Crippen LogP contribution is -2.60. The number of carbonyl (C=O) groups excluding carboxylic acids is 2. The number of anilines is 2. The third-order valence-corrected chi connectivity index (χ3v) is 8.24. The van der Waals surface area contributed by atoms with Gasteiger partial charge in [-0.3, -0.25) is 9.59 Å². The number of nitrogens with zero attached hydrogens (tertiary/aromatic N) is 5. The Kier molecular flexibility index (Phi) is 5.63. The SMILES string of the molecule is CN1CCN(c2ccc(NC3=NC4C(=CN3)CC3(CCNC3=O)C(=O)N4C3CCCC3)nc2)CC1. The van der Waals surface area contributed by atoms with Gasteiger partial charge in [-0.05, 0) is 50.4 Å². The van der Waals surface area contributed by atoms with Crippen LogP contribution in [0.25, 0.3) is 0 Å². The number of hydrogen-bond acceptors (Lipinski definition) is 8. The van der Waals surface area contributed by atoms with Crippen molar-refractivity contribution in [3.8, 4) is 0 Å². The van der Waals surface area contributed by atoms with Gasteiger partial charge in [0.15, 0.2) is 6.17 Å². The van der Waals surface area contributed by atoms with Gasteiger partial charge in [0.2, 0.25) is 17.8 Å². The van der Waals surface area contributed by atoms with Crippen LogP contribution in [0.5, 0.6) is 0 Å². The van der Waals surface area contributed by atoms with Gasteiger partial charge in [0, 0.05) is 45.0 Å². The van der Waals surface area contributed by atoms with Gasteiger partial charge in [0.05, 0.1) is 11.9 Å². The number of guanidine groups is 1. The monoisotopic (exact) mass is 478 g/mol. The van der Waals surface area contributed by atoms with Crippen molar-refractivity contribution in [2.45, 2.75) is 50.7 Å². The number of carbonyl (C=O) groups is 2. The molecule has 2 amide bonds. The smallest absolute Gasteiger partial charge is 0.240 e. The number of amides is 2. The summed E-state index contributed by atoms with van der Waals surface area (Å²) in [5, 5.41) is 9.43. The molecule has 2 atom stereocenters. The van der Waals surface area contributed by atoms with E-state index < -0.39 is 5.41 Å². The van der Waals surface area contributed by atoms with Crippen LogP contribution in [0.15, 0.2) is 35.1 Å². The lowest BCUT2D eigenvalue weighted by molar-refractivity contribution is -0.155. The Morgan fingerprint density at radius 2 is 1.91 bits per heavy atom. The number of likely N-dealkylation sites (N-methyl/N-ethyl adjacent to an activating group) is 1. The lowest BCUT2D eigenvalue weighted by atomic mass is 9.74. The van der Waals surface area contributed by atoms with Gasteiger partial charge in [-0.15, -0.1) is 0 Å². The highest BCUT2D eigenvalue weighted by Gasteiger charge is 2.58. The zero-order chi connectivity index (χ0) is 24.0. The summed E-state index contributed by atoms with van der Waals surface area (Å²) < 4.78 is 0. The van der Waals surface area contributed by atoms with Gasteiger partial charge >= 0.3 is 0 Å². The molecule has 0 bridgehead atoms. The standard InChI is InChI=1S/C25H34N8O2/c1-31-10-12-32(13-11-31)19-6-7-20(27-16-19)29-24-28-15-17-14-25(8-9-26-22(25)34)23(35)33(21(17)30-24)18-4-2-3-5-18/h6-7,15-16,18,21H,2-5,8-14H2,1H3,(H,26,34)(H2,27,28,29,30). The van der Waals surface area contributed by atoms with E-state index in [9.17, 15) is 9.59 Å². The summed E-state index contributed by atoms with van der Waals surface area (Å²) in [6.07, 6.45) is 8.58. The minimum absolute atomic E-state index is 0.0544. The molecule has 0 radical (unpaired) electrons. The molecule has 0 aromatic carbocycles. The van der Waals surface area contributed by atoms with Crippen molar-refractivity contribution in [2.75, 3.05) is 50.0 Å². The fourth-order valence-electron chi connectivity index (χ4n) is 6.14. The van der Waals surface area contributed by atoms with E-state index in [2.05, 4.69) is 43.8 Å². The number of fused-ring (bicyclic) bond motifs is 1. The second kappa shape index (κ2) is 8.82. The molecule has 3 saturated heterocycles. The van der Waals surface area contributed by atoms with E-state index in [0.717, 1.165) is 63.1 Å². The molecule has 1 saturated carbocycles. The van der Waals surface area contributed by atoms with Crippen molar-refractivity contribution in [1.29, 1.82) is 0 Å². The Morgan fingerprint density at radius 3 is 2.60 bits per heavy atom.